The Balaban J connectivity index is 1.83. The Labute approximate surface area is 168 Å². The smallest absolute Gasteiger partial charge is 0.329 e. The Morgan fingerprint density at radius 1 is 1.00 bits per heavy atom. The van der Waals surface area contributed by atoms with E-state index >= 15 is 0 Å². The first-order valence-corrected chi connectivity index (χ1v) is 9.86. The molecule has 2 atom stereocenters. The third kappa shape index (κ3) is 6.70. The zero-order chi connectivity index (χ0) is 20.5. The molecule has 0 unspecified atom stereocenters. The molecule has 2 aromatic rings. The quantitative estimate of drug-likeness (QED) is 0.589. The normalized spacial score (nSPS) is 12.7. The first-order valence-electron chi connectivity index (χ1n) is 8.98. The van der Waals surface area contributed by atoms with Gasteiger partial charge in [0.05, 0.1) is 6.04 Å². The molecule has 0 aliphatic rings. The standard InChI is InChI=1S/C20H25N3O4S/c1-13(2)18(23-20(26)22-15-8-5-4-6-9-15)19(25)27-12-17(24)21-14(3)16-10-7-11-28-16/h4-11,13-14,18H,12H2,1-3H3,(H,21,24)(H2,22,23,26)/t14-,18+/m1/s1. The number of anilines is 1. The Kier molecular flexibility index (Phi) is 8.01. The van der Waals surface area contributed by atoms with Crippen LogP contribution in [-0.2, 0) is 14.3 Å². The van der Waals surface area contributed by atoms with Gasteiger partial charge in [-0.15, -0.1) is 11.3 Å². The Morgan fingerprint density at radius 2 is 1.71 bits per heavy atom. The van der Waals surface area contributed by atoms with Crippen molar-refractivity contribution in [3.8, 4) is 0 Å². The fraction of sp³-hybridized carbons (Fsp3) is 0.350. The fourth-order valence-corrected chi connectivity index (χ4v) is 3.18. The highest BCUT2D eigenvalue weighted by molar-refractivity contribution is 7.10. The van der Waals surface area contributed by atoms with Crippen LogP contribution in [0.15, 0.2) is 47.8 Å². The highest BCUT2D eigenvalue weighted by atomic mass is 32.1. The first-order chi connectivity index (χ1) is 13.4. The number of ether oxygens (including phenoxy) is 1. The maximum absolute atomic E-state index is 12.3. The number of benzene rings is 1. The van der Waals surface area contributed by atoms with Crippen LogP contribution in [-0.4, -0.2) is 30.6 Å². The summed E-state index contributed by atoms with van der Waals surface area (Å²) in [5, 5.41) is 9.95. The monoisotopic (exact) mass is 403 g/mol. The van der Waals surface area contributed by atoms with Crippen LogP contribution in [0.3, 0.4) is 0 Å². The summed E-state index contributed by atoms with van der Waals surface area (Å²) in [6.45, 7) is 5.03. The largest absolute Gasteiger partial charge is 0.454 e. The molecule has 28 heavy (non-hydrogen) atoms. The molecule has 0 aliphatic carbocycles. The van der Waals surface area contributed by atoms with Crippen molar-refractivity contribution in [2.24, 2.45) is 5.92 Å². The summed E-state index contributed by atoms with van der Waals surface area (Å²) in [4.78, 5) is 37.5. The predicted molar refractivity (Wildman–Crippen MR) is 109 cm³/mol. The van der Waals surface area contributed by atoms with Crippen molar-refractivity contribution in [2.75, 3.05) is 11.9 Å². The van der Waals surface area contributed by atoms with Gasteiger partial charge in [-0.3, -0.25) is 4.79 Å². The van der Waals surface area contributed by atoms with Crippen LogP contribution in [0.25, 0.3) is 0 Å². The van der Waals surface area contributed by atoms with Gasteiger partial charge in [-0.1, -0.05) is 38.1 Å². The van der Waals surface area contributed by atoms with Crippen LogP contribution in [0.4, 0.5) is 10.5 Å². The van der Waals surface area contributed by atoms with Gasteiger partial charge < -0.3 is 20.7 Å². The van der Waals surface area contributed by atoms with Crippen molar-refractivity contribution in [3.63, 3.8) is 0 Å². The summed E-state index contributed by atoms with van der Waals surface area (Å²) in [7, 11) is 0. The lowest BCUT2D eigenvalue weighted by Crippen LogP contribution is -2.47. The molecule has 150 valence electrons. The first kappa shape index (κ1) is 21.4. The third-order valence-electron chi connectivity index (χ3n) is 3.93. The van der Waals surface area contributed by atoms with Gasteiger partial charge in [0, 0.05) is 10.6 Å². The third-order valence-corrected chi connectivity index (χ3v) is 4.99. The highest BCUT2D eigenvalue weighted by Crippen LogP contribution is 2.17. The van der Waals surface area contributed by atoms with Gasteiger partial charge in [-0.2, -0.15) is 0 Å². The summed E-state index contributed by atoms with van der Waals surface area (Å²) in [5.41, 5.74) is 0.609. The number of thiophene rings is 1. The number of amides is 3. The van der Waals surface area contributed by atoms with Crippen LogP contribution in [0.1, 0.15) is 31.7 Å². The number of carbonyl (C=O) groups is 3. The average Bonchev–Trinajstić information content (AvgIpc) is 3.19. The molecule has 3 amide bonds. The van der Waals surface area contributed by atoms with E-state index in [0.29, 0.717) is 5.69 Å². The van der Waals surface area contributed by atoms with Gasteiger partial charge in [-0.05, 0) is 36.4 Å². The molecule has 0 aliphatic heterocycles. The highest BCUT2D eigenvalue weighted by Gasteiger charge is 2.26. The minimum absolute atomic E-state index is 0.165. The molecular weight excluding hydrogens is 378 g/mol. The summed E-state index contributed by atoms with van der Waals surface area (Å²) < 4.78 is 5.11. The fourth-order valence-electron chi connectivity index (χ4n) is 2.45. The molecule has 8 heteroatoms. The van der Waals surface area contributed by atoms with Gasteiger partial charge in [0.2, 0.25) is 0 Å². The van der Waals surface area contributed by atoms with E-state index in [4.69, 9.17) is 4.74 Å². The minimum atomic E-state index is -0.869. The van der Waals surface area contributed by atoms with Gasteiger partial charge in [0.25, 0.3) is 5.91 Å². The van der Waals surface area contributed by atoms with E-state index in [0.717, 1.165) is 4.88 Å². The zero-order valence-electron chi connectivity index (χ0n) is 16.1. The van der Waals surface area contributed by atoms with E-state index in [-0.39, 0.29) is 12.0 Å². The van der Waals surface area contributed by atoms with E-state index in [2.05, 4.69) is 16.0 Å². The number of nitrogens with one attached hydrogen (secondary N) is 3. The summed E-state index contributed by atoms with van der Waals surface area (Å²) in [6.07, 6.45) is 0. The van der Waals surface area contributed by atoms with Crippen molar-refractivity contribution in [1.29, 1.82) is 0 Å². The zero-order valence-corrected chi connectivity index (χ0v) is 16.9. The van der Waals surface area contributed by atoms with Crippen LogP contribution < -0.4 is 16.0 Å². The molecular formula is C20H25N3O4S. The van der Waals surface area contributed by atoms with E-state index < -0.39 is 30.6 Å². The number of hydrogen-bond donors (Lipinski definition) is 3. The summed E-state index contributed by atoms with van der Waals surface area (Å²) in [5.74, 6) is -1.26. The van der Waals surface area contributed by atoms with E-state index in [1.54, 1.807) is 38.1 Å². The molecule has 3 N–H and O–H groups in total. The molecule has 0 spiro atoms. The number of carbonyl (C=O) groups excluding carboxylic acids is 3. The summed E-state index contributed by atoms with van der Waals surface area (Å²) >= 11 is 1.54. The lowest BCUT2D eigenvalue weighted by molar-refractivity contribution is -0.151. The SMILES string of the molecule is CC(C)[C@H](NC(=O)Nc1ccccc1)C(=O)OCC(=O)N[C@H](C)c1cccs1. The van der Waals surface area contributed by atoms with Gasteiger partial charge in [0.1, 0.15) is 6.04 Å². The number of urea groups is 1. The van der Waals surface area contributed by atoms with Crippen LogP contribution in [0.2, 0.25) is 0 Å². The Bertz CT molecular complexity index is 778. The molecule has 2 rings (SSSR count). The molecule has 0 bridgehead atoms. The van der Waals surface area contributed by atoms with E-state index in [9.17, 15) is 14.4 Å². The lowest BCUT2D eigenvalue weighted by atomic mass is 10.1. The molecule has 0 saturated heterocycles. The second kappa shape index (κ2) is 10.5. The van der Waals surface area contributed by atoms with Crippen molar-refractivity contribution in [2.45, 2.75) is 32.9 Å². The number of para-hydroxylation sites is 1. The summed E-state index contributed by atoms with van der Waals surface area (Å²) in [6, 6.07) is 11.2. The molecule has 7 nitrogen and oxygen atoms in total. The van der Waals surface area contributed by atoms with Crippen LogP contribution >= 0.6 is 11.3 Å². The minimum Gasteiger partial charge on any atom is -0.454 e. The average molecular weight is 404 g/mol. The molecule has 0 fully saturated rings. The lowest BCUT2D eigenvalue weighted by Gasteiger charge is -2.21. The number of hydrogen-bond acceptors (Lipinski definition) is 5. The molecule has 1 heterocycles. The van der Waals surface area contributed by atoms with Crippen molar-refractivity contribution >= 4 is 34.9 Å². The Hall–Kier alpha value is -2.87. The maximum Gasteiger partial charge on any atom is 0.329 e. The van der Waals surface area contributed by atoms with Crippen molar-refractivity contribution in [1.82, 2.24) is 10.6 Å². The van der Waals surface area contributed by atoms with E-state index in [1.165, 1.54) is 11.3 Å². The van der Waals surface area contributed by atoms with Crippen molar-refractivity contribution < 1.29 is 19.1 Å². The molecule has 1 aromatic heterocycles. The molecule has 0 saturated carbocycles. The van der Waals surface area contributed by atoms with E-state index in [1.807, 2.05) is 30.5 Å². The second-order valence-electron chi connectivity index (χ2n) is 6.60. The molecule has 0 radical (unpaired) electrons. The van der Waals surface area contributed by atoms with Crippen molar-refractivity contribution in [3.05, 3.63) is 52.7 Å². The number of rotatable bonds is 8. The van der Waals surface area contributed by atoms with Gasteiger partial charge >= 0.3 is 12.0 Å². The molecule has 1 aromatic carbocycles. The number of esters is 1. The van der Waals surface area contributed by atoms with Gasteiger partial charge in [-0.25, -0.2) is 9.59 Å². The van der Waals surface area contributed by atoms with Crippen LogP contribution in [0, 0.1) is 5.92 Å². The Morgan fingerprint density at radius 3 is 2.32 bits per heavy atom. The van der Waals surface area contributed by atoms with Crippen LogP contribution in [0.5, 0.6) is 0 Å². The predicted octanol–water partition coefficient (Wildman–Crippen LogP) is 3.31. The second-order valence-corrected chi connectivity index (χ2v) is 7.58. The topological polar surface area (TPSA) is 96.5 Å². The van der Waals surface area contributed by atoms with Gasteiger partial charge in [0.15, 0.2) is 6.61 Å². The maximum atomic E-state index is 12.3.